The first kappa shape index (κ1) is 14.5. The van der Waals surface area contributed by atoms with Crippen molar-refractivity contribution in [2.75, 3.05) is 0 Å². The Balaban J connectivity index is 2.35. The Labute approximate surface area is 120 Å². The van der Waals surface area contributed by atoms with Crippen molar-refractivity contribution in [3.05, 3.63) is 53.3 Å². The number of ether oxygens (including phenoxy) is 1. The largest absolute Gasteiger partial charge is 0.455 e. The summed E-state index contributed by atoms with van der Waals surface area (Å²) in [7, 11) is 0. The molecule has 3 heteroatoms. The van der Waals surface area contributed by atoms with Crippen LogP contribution in [0.15, 0.2) is 36.4 Å². The minimum Gasteiger partial charge on any atom is -0.455 e. The Morgan fingerprint density at radius 1 is 1.10 bits per heavy atom. The van der Waals surface area contributed by atoms with E-state index >= 15 is 0 Å². The van der Waals surface area contributed by atoms with Crippen molar-refractivity contribution in [2.45, 2.75) is 39.7 Å². The fourth-order valence-corrected chi connectivity index (χ4v) is 2.13. The molecule has 1 N–H and O–H groups in total. The third kappa shape index (κ3) is 3.17. The lowest BCUT2D eigenvalue weighted by Crippen LogP contribution is -2.01. The molecule has 0 aliphatic carbocycles. The Morgan fingerprint density at radius 3 is 2.55 bits per heavy atom. The van der Waals surface area contributed by atoms with Gasteiger partial charge in [0.25, 0.3) is 0 Å². The molecule has 0 bridgehead atoms. The fraction of sp³-hybridized carbons (Fsp3) is 0.353. The summed E-state index contributed by atoms with van der Waals surface area (Å²) in [6.45, 7) is 5.98. The number of aliphatic hydroxyl groups is 1. The monoisotopic (exact) mass is 271 g/mol. The maximum atomic E-state index is 10.1. The highest BCUT2D eigenvalue weighted by Crippen LogP contribution is 2.32. The van der Waals surface area contributed by atoms with Crippen molar-refractivity contribution in [1.82, 2.24) is 4.98 Å². The second-order valence-corrected chi connectivity index (χ2v) is 4.81. The predicted molar refractivity (Wildman–Crippen MR) is 80.1 cm³/mol. The SMILES string of the molecule is CCc1nc(C)ccc1Oc1ccccc1C(O)CC. The van der Waals surface area contributed by atoms with Crippen molar-refractivity contribution in [1.29, 1.82) is 0 Å². The van der Waals surface area contributed by atoms with E-state index in [1.165, 1.54) is 0 Å². The Hall–Kier alpha value is -1.87. The third-order valence-electron chi connectivity index (χ3n) is 3.29. The molecule has 0 spiro atoms. The summed E-state index contributed by atoms with van der Waals surface area (Å²) >= 11 is 0. The number of aromatic nitrogens is 1. The molecule has 3 nitrogen and oxygen atoms in total. The van der Waals surface area contributed by atoms with Gasteiger partial charge in [-0.25, -0.2) is 0 Å². The second-order valence-electron chi connectivity index (χ2n) is 4.81. The minimum absolute atomic E-state index is 0.505. The molecule has 1 unspecified atom stereocenters. The number of aliphatic hydroxyl groups excluding tert-OH is 1. The van der Waals surface area contributed by atoms with Crippen LogP contribution in [0.3, 0.4) is 0 Å². The third-order valence-corrected chi connectivity index (χ3v) is 3.29. The molecule has 0 saturated heterocycles. The average Bonchev–Trinajstić information content (AvgIpc) is 2.48. The van der Waals surface area contributed by atoms with Crippen molar-refractivity contribution >= 4 is 0 Å². The summed E-state index contributed by atoms with van der Waals surface area (Å²) in [6.07, 6.45) is 0.970. The number of hydrogen-bond acceptors (Lipinski definition) is 3. The molecule has 1 atom stereocenters. The number of pyridine rings is 1. The molecule has 1 aromatic heterocycles. The van der Waals surface area contributed by atoms with Gasteiger partial charge in [-0.3, -0.25) is 4.98 Å². The van der Waals surface area contributed by atoms with Gasteiger partial charge < -0.3 is 9.84 Å². The normalized spacial score (nSPS) is 12.2. The maximum absolute atomic E-state index is 10.1. The van der Waals surface area contributed by atoms with Gasteiger partial charge in [0.1, 0.15) is 11.5 Å². The van der Waals surface area contributed by atoms with E-state index in [1.54, 1.807) is 0 Å². The molecule has 2 aromatic rings. The van der Waals surface area contributed by atoms with Crippen LogP contribution in [0.1, 0.15) is 43.3 Å². The highest BCUT2D eigenvalue weighted by atomic mass is 16.5. The summed E-state index contributed by atoms with van der Waals surface area (Å²) in [4.78, 5) is 4.49. The first-order valence-electron chi connectivity index (χ1n) is 7.07. The lowest BCUT2D eigenvalue weighted by atomic mass is 10.1. The van der Waals surface area contributed by atoms with Crippen LogP contribution in [0.25, 0.3) is 0 Å². The van der Waals surface area contributed by atoms with Crippen molar-refractivity contribution < 1.29 is 9.84 Å². The molecular weight excluding hydrogens is 250 g/mol. The highest BCUT2D eigenvalue weighted by Gasteiger charge is 2.13. The van der Waals surface area contributed by atoms with Crippen LogP contribution >= 0.6 is 0 Å². The summed E-state index contributed by atoms with van der Waals surface area (Å²) in [6, 6.07) is 11.5. The smallest absolute Gasteiger partial charge is 0.148 e. The quantitative estimate of drug-likeness (QED) is 0.886. The molecule has 0 aliphatic heterocycles. The number of para-hydroxylation sites is 1. The lowest BCUT2D eigenvalue weighted by Gasteiger charge is -2.16. The maximum Gasteiger partial charge on any atom is 0.148 e. The molecule has 0 radical (unpaired) electrons. The van der Waals surface area contributed by atoms with Crippen LogP contribution in [-0.4, -0.2) is 10.1 Å². The van der Waals surface area contributed by atoms with Crippen LogP contribution in [-0.2, 0) is 6.42 Å². The molecular formula is C17H21NO2. The molecule has 0 aliphatic rings. The number of hydrogen-bond donors (Lipinski definition) is 1. The Bertz CT molecular complexity index is 581. The van der Waals surface area contributed by atoms with Gasteiger partial charge >= 0.3 is 0 Å². The fourth-order valence-electron chi connectivity index (χ4n) is 2.13. The lowest BCUT2D eigenvalue weighted by molar-refractivity contribution is 0.170. The molecule has 20 heavy (non-hydrogen) atoms. The van der Waals surface area contributed by atoms with E-state index in [2.05, 4.69) is 11.9 Å². The number of rotatable bonds is 5. The van der Waals surface area contributed by atoms with Gasteiger partial charge in [-0.15, -0.1) is 0 Å². The zero-order valence-electron chi connectivity index (χ0n) is 12.3. The highest BCUT2D eigenvalue weighted by molar-refractivity contribution is 5.40. The van der Waals surface area contributed by atoms with Gasteiger partial charge in [-0.2, -0.15) is 0 Å². The van der Waals surface area contributed by atoms with Crippen molar-refractivity contribution in [2.24, 2.45) is 0 Å². The summed E-state index contributed by atoms with van der Waals surface area (Å²) < 4.78 is 5.99. The van der Waals surface area contributed by atoms with Gasteiger partial charge in [0, 0.05) is 11.3 Å². The molecule has 0 fully saturated rings. The van der Waals surface area contributed by atoms with Crippen LogP contribution < -0.4 is 4.74 Å². The van der Waals surface area contributed by atoms with Crippen LogP contribution in [0.2, 0.25) is 0 Å². The van der Waals surface area contributed by atoms with E-state index in [0.717, 1.165) is 29.1 Å². The van der Waals surface area contributed by atoms with E-state index in [9.17, 15) is 5.11 Å². The topological polar surface area (TPSA) is 42.4 Å². The molecule has 1 aromatic carbocycles. The number of aryl methyl sites for hydroxylation is 2. The average molecular weight is 271 g/mol. The van der Waals surface area contributed by atoms with Crippen LogP contribution in [0, 0.1) is 6.92 Å². The first-order valence-corrected chi connectivity index (χ1v) is 7.07. The van der Waals surface area contributed by atoms with E-state index < -0.39 is 6.10 Å². The molecule has 0 amide bonds. The van der Waals surface area contributed by atoms with E-state index in [4.69, 9.17) is 4.74 Å². The summed E-state index contributed by atoms with van der Waals surface area (Å²) in [5, 5.41) is 10.1. The molecule has 1 heterocycles. The zero-order chi connectivity index (χ0) is 14.5. The standard InChI is InChI=1S/C17H21NO2/c1-4-14-17(11-10-12(3)18-14)20-16-9-7-6-8-13(16)15(19)5-2/h6-11,15,19H,4-5H2,1-3H3. The van der Waals surface area contributed by atoms with E-state index in [-0.39, 0.29) is 0 Å². The van der Waals surface area contributed by atoms with Crippen molar-refractivity contribution in [3.63, 3.8) is 0 Å². The van der Waals surface area contributed by atoms with Gasteiger partial charge in [0.05, 0.1) is 11.8 Å². The minimum atomic E-state index is -0.505. The molecule has 0 saturated carbocycles. The van der Waals surface area contributed by atoms with Crippen molar-refractivity contribution in [3.8, 4) is 11.5 Å². The van der Waals surface area contributed by atoms with Gasteiger partial charge in [-0.05, 0) is 38.0 Å². The Kier molecular flexibility index (Phi) is 4.74. The van der Waals surface area contributed by atoms with Gasteiger partial charge in [0.2, 0.25) is 0 Å². The Morgan fingerprint density at radius 2 is 1.85 bits per heavy atom. The van der Waals surface area contributed by atoms with Crippen LogP contribution in [0.5, 0.6) is 11.5 Å². The number of benzene rings is 1. The molecule has 2 rings (SSSR count). The number of nitrogens with zero attached hydrogens (tertiary/aromatic N) is 1. The van der Waals surface area contributed by atoms with Gasteiger partial charge in [0.15, 0.2) is 0 Å². The van der Waals surface area contributed by atoms with E-state index in [0.29, 0.717) is 12.2 Å². The van der Waals surface area contributed by atoms with Gasteiger partial charge in [-0.1, -0.05) is 32.0 Å². The van der Waals surface area contributed by atoms with Crippen LogP contribution in [0.4, 0.5) is 0 Å². The zero-order valence-corrected chi connectivity index (χ0v) is 12.3. The second kappa shape index (κ2) is 6.53. The van der Waals surface area contributed by atoms with E-state index in [1.807, 2.05) is 50.2 Å². The summed E-state index contributed by atoms with van der Waals surface area (Å²) in [5.41, 5.74) is 2.74. The first-order chi connectivity index (χ1) is 9.65. The summed E-state index contributed by atoms with van der Waals surface area (Å²) in [5.74, 6) is 1.45. The molecule has 106 valence electrons. The predicted octanol–water partition coefficient (Wildman–Crippen LogP) is 4.19.